The highest BCUT2D eigenvalue weighted by atomic mass is 16.3. The Bertz CT molecular complexity index is 388. The van der Waals surface area contributed by atoms with Crippen molar-refractivity contribution in [1.29, 1.82) is 0 Å². The number of nitrogens with zero attached hydrogens (tertiary/aromatic N) is 1. The van der Waals surface area contributed by atoms with E-state index >= 15 is 0 Å². The Balaban J connectivity index is 2.59. The number of amides is 2. The molecule has 1 rings (SSSR count). The standard InChI is InChI=1S/C13H20N2O3/c1-9(16)8-15(3)13(18)14-12-6-4-11(5-7-12)10(2)17/h4-7,9-10,16-17H,8H2,1-3H3,(H,14,18). The van der Waals surface area contributed by atoms with Gasteiger partial charge in [-0.2, -0.15) is 0 Å². The van der Waals surface area contributed by atoms with Gasteiger partial charge in [-0.25, -0.2) is 4.79 Å². The second kappa shape index (κ2) is 6.37. The first kappa shape index (κ1) is 14.5. The summed E-state index contributed by atoms with van der Waals surface area (Å²) in [5, 5.41) is 21.3. The third-order valence-electron chi connectivity index (χ3n) is 2.53. The maximum atomic E-state index is 11.7. The van der Waals surface area contributed by atoms with Crippen LogP contribution in [0, 0.1) is 0 Å². The van der Waals surface area contributed by atoms with E-state index in [2.05, 4.69) is 5.32 Å². The Morgan fingerprint density at radius 1 is 1.28 bits per heavy atom. The first-order valence-electron chi connectivity index (χ1n) is 5.88. The number of aliphatic hydroxyl groups is 2. The van der Waals surface area contributed by atoms with Crippen molar-refractivity contribution in [2.24, 2.45) is 0 Å². The van der Waals surface area contributed by atoms with E-state index in [-0.39, 0.29) is 12.6 Å². The number of nitrogens with one attached hydrogen (secondary N) is 1. The lowest BCUT2D eigenvalue weighted by atomic mass is 10.1. The first-order chi connectivity index (χ1) is 8.40. The molecule has 0 saturated carbocycles. The molecule has 5 nitrogen and oxygen atoms in total. The van der Waals surface area contributed by atoms with E-state index in [9.17, 15) is 15.0 Å². The molecule has 0 saturated heterocycles. The van der Waals surface area contributed by atoms with Gasteiger partial charge in [0.25, 0.3) is 0 Å². The summed E-state index contributed by atoms with van der Waals surface area (Å²) in [7, 11) is 1.62. The zero-order chi connectivity index (χ0) is 13.7. The fraction of sp³-hybridized carbons (Fsp3) is 0.462. The first-order valence-corrected chi connectivity index (χ1v) is 5.88. The van der Waals surface area contributed by atoms with Crippen molar-refractivity contribution in [2.75, 3.05) is 18.9 Å². The average Bonchev–Trinajstić information content (AvgIpc) is 2.28. The number of hydrogen-bond donors (Lipinski definition) is 3. The lowest BCUT2D eigenvalue weighted by molar-refractivity contribution is 0.149. The zero-order valence-electron chi connectivity index (χ0n) is 10.9. The van der Waals surface area contributed by atoms with Crippen LogP contribution in [0.3, 0.4) is 0 Å². The molecule has 0 heterocycles. The summed E-state index contributed by atoms with van der Waals surface area (Å²) in [6.45, 7) is 3.59. The molecule has 0 aliphatic carbocycles. The third kappa shape index (κ3) is 4.35. The summed E-state index contributed by atoms with van der Waals surface area (Å²) < 4.78 is 0. The predicted molar refractivity (Wildman–Crippen MR) is 70.4 cm³/mol. The van der Waals surface area contributed by atoms with Crippen LogP contribution in [-0.4, -0.2) is 40.8 Å². The second-order valence-electron chi connectivity index (χ2n) is 4.46. The number of carbonyl (C=O) groups excluding carboxylic acids is 1. The highest BCUT2D eigenvalue weighted by molar-refractivity contribution is 5.89. The molecule has 1 aromatic carbocycles. The number of likely N-dealkylation sites (N-methyl/N-ethyl adjacent to an activating group) is 1. The van der Waals surface area contributed by atoms with E-state index in [1.54, 1.807) is 45.2 Å². The highest BCUT2D eigenvalue weighted by Crippen LogP contribution is 2.15. The Morgan fingerprint density at radius 3 is 2.28 bits per heavy atom. The van der Waals surface area contributed by atoms with Crippen LogP contribution in [0.4, 0.5) is 10.5 Å². The molecular formula is C13H20N2O3. The van der Waals surface area contributed by atoms with Crippen molar-refractivity contribution >= 4 is 11.7 Å². The Labute approximate surface area is 107 Å². The Morgan fingerprint density at radius 2 is 1.83 bits per heavy atom. The SMILES string of the molecule is CC(O)CN(C)C(=O)Nc1ccc(C(C)O)cc1. The second-order valence-corrected chi connectivity index (χ2v) is 4.46. The van der Waals surface area contributed by atoms with Gasteiger partial charge < -0.3 is 20.4 Å². The fourth-order valence-electron chi connectivity index (χ4n) is 1.54. The van der Waals surface area contributed by atoms with Crippen molar-refractivity contribution in [2.45, 2.75) is 26.1 Å². The molecular weight excluding hydrogens is 232 g/mol. The van der Waals surface area contributed by atoms with Crippen molar-refractivity contribution in [1.82, 2.24) is 4.90 Å². The topological polar surface area (TPSA) is 72.8 Å². The number of anilines is 1. The molecule has 0 aliphatic rings. The van der Waals surface area contributed by atoms with Gasteiger partial charge in [0, 0.05) is 19.3 Å². The molecule has 0 aliphatic heterocycles. The van der Waals surface area contributed by atoms with Crippen LogP contribution in [0.1, 0.15) is 25.5 Å². The minimum atomic E-state index is -0.557. The molecule has 0 radical (unpaired) electrons. The van der Waals surface area contributed by atoms with Crippen LogP contribution in [0.15, 0.2) is 24.3 Å². The maximum Gasteiger partial charge on any atom is 0.321 e. The molecule has 3 N–H and O–H groups in total. The lowest BCUT2D eigenvalue weighted by Crippen LogP contribution is -2.36. The summed E-state index contributed by atoms with van der Waals surface area (Å²) in [4.78, 5) is 13.1. The van der Waals surface area contributed by atoms with Gasteiger partial charge in [0.05, 0.1) is 12.2 Å². The number of rotatable bonds is 4. The monoisotopic (exact) mass is 252 g/mol. The average molecular weight is 252 g/mol. The molecule has 100 valence electrons. The Hall–Kier alpha value is -1.59. The molecule has 0 spiro atoms. The molecule has 0 fully saturated rings. The highest BCUT2D eigenvalue weighted by Gasteiger charge is 2.10. The predicted octanol–water partition coefficient (Wildman–Crippen LogP) is 1.58. The van der Waals surface area contributed by atoms with Crippen LogP contribution < -0.4 is 5.32 Å². The van der Waals surface area contributed by atoms with Gasteiger partial charge >= 0.3 is 6.03 Å². The number of benzene rings is 1. The van der Waals surface area contributed by atoms with Gasteiger partial charge in [0.2, 0.25) is 0 Å². The third-order valence-corrected chi connectivity index (χ3v) is 2.53. The van der Waals surface area contributed by atoms with Crippen LogP contribution in [0.2, 0.25) is 0 Å². The van der Waals surface area contributed by atoms with Crippen molar-refractivity contribution < 1.29 is 15.0 Å². The van der Waals surface area contributed by atoms with Crippen molar-refractivity contribution in [3.05, 3.63) is 29.8 Å². The summed E-state index contributed by atoms with van der Waals surface area (Å²) >= 11 is 0. The van der Waals surface area contributed by atoms with Gasteiger partial charge in [-0.3, -0.25) is 0 Å². The molecule has 5 heteroatoms. The Kier molecular flexibility index (Phi) is 5.12. The summed E-state index contributed by atoms with van der Waals surface area (Å²) in [6.07, 6.45) is -1.08. The van der Waals surface area contributed by atoms with Crippen LogP contribution in [0.5, 0.6) is 0 Å². The van der Waals surface area contributed by atoms with Crippen molar-refractivity contribution in [3.8, 4) is 0 Å². The number of hydrogen-bond acceptors (Lipinski definition) is 3. The molecule has 2 unspecified atom stereocenters. The molecule has 1 aromatic rings. The van der Waals surface area contributed by atoms with Crippen LogP contribution in [-0.2, 0) is 0 Å². The fourth-order valence-corrected chi connectivity index (χ4v) is 1.54. The van der Waals surface area contributed by atoms with Gasteiger partial charge in [-0.05, 0) is 31.5 Å². The quantitative estimate of drug-likeness (QED) is 0.762. The minimum absolute atomic E-state index is 0.275. The summed E-state index contributed by atoms with van der Waals surface area (Å²) in [5.74, 6) is 0. The van der Waals surface area contributed by atoms with Gasteiger partial charge in [-0.15, -0.1) is 0 Å². The van der Waals surface area contributed by atoms with Crippen molar-refractivity contribution in [3.63, 3.8) is 0 Å². The van der Waals surface area contributed by atoms with Crippen LogP contribution in [0.25, 0.3) is 0 Å². The van der Waals surface area contributed by atoms with Gasteiger partial charge in [0.1, 0.15) is 0 Å². The summed E-state index contributed by atoms with van der Waals surface area (Å²) in [5.41, 5.74) is 1.45. The van der Waals surface area contributed by atoms with E-state index < -0.39 is 12.2 Å². The smallest absolute Gasteiger partial charge is 0.321 e. The molecule has 18 heavy (non-hydrogen) atoms. The normalized spacial score (nSPS) is 13.8. The van der Waals surface area contributed by atoms with E-state index in [1.165, 1.54) is 4.90 Å². The van der Waals surface area contributed by atoms with Crippen LogP contribution >= 0.6 is 0 Å². The number of urea groups is 1. The molecule has 0 bridgehead atoms. The maximum absolute atomic E-state index is 11.7. The van der Waals surface area contributed by atoms with E-state index in [0.29, 0.717) is 5.69 Å². The lowest BCUT2D eigenvalue weighted by Gasteiger charge is -2.19. The summed E-state index contributed by atoms with van der Waals surface area (Å²) in [6, 6.07) is 6.71. The number of aliphatic hydroxyl groups excluding tert-OH is 2. The van der Waals surface area contributed by atoms with Gasteiger partial charge in [0.15, 0.2) is 0 Å². The molecule has 2 amide bonds. The molecule has 2 atom stereocenters. The zero-order valence-corrected chi connectivity index (χ0v) is 10.9. The molecule has 0 aromatic heterocycles. The largest absolute Gasteiger partial charge is 0.392 e. The van der Waals surface area contributed by atoms with E-state index in [0.717, 1.165) is 5.56 Å². The minimum Gasteiger partial charge on any atom is -0.392 e. The number of carbonyl (C=O) groups is 1. The van der Waals surface area contributed by atoms with Gasteiger partial charge in [-0.1, -0.05) is 12.1 Å². The van der Waals surface area contributed by atoms with E-state index in [4.69, 9.17) is 0 Å². The van der Waals surface area contributed by atoms with E-state index in [1.807, 2.05) is 0 Å².